The van der Waals surface area contributed by atoms with Crippen LogP contribution >= 0.6 is 11.3 Å². The number of benzene rings is 2. The zero-order valence-electron chi connectivity index (χ0n) is 11.3. The van der Waals surface area contributed by atoms with Gasteiger partial charge in [-0.2, -0.15) is 0 Å². The monoisotopic (exact) mass is 294 g/mol. The summed E-state index contributed by atoms with van der Waals surface area (Å²) in [7, 11) is 0. The summed E-state index contributed by atoms with van der Waals surface area (Å²) < 4.78 is 0. The molecule has 0 saturated carbocycles. The quantitative estimate of drug-likeness (QED) is 0.796. The molecule has 2 aromatic carbocycles. The van der Waals surface area contributed by atoms with E-state index in [-0.39, 0.29) is 5.91 Å². The first-order chi connectivity index (χ1) is 10.3. The lowest BCUT2D eigenvalue weighted by atomic mass is 10.1. The number of aromatic nitrogens is 1. The van der Waals surface area contributed by atoms with Crippen LogP contribution in [0.3, 0.4) is 0 Å². The van der Waals surface area contributed by atoms with Gasteiger partial charge in [-0.05, 0) is 11.1 Å². The van der Waals surface area contributed by atoms with Crippen molar-refractivity contribution in [3.63, 3.8) is 0 Å². The van der Waals surface area contributed by atoms with Crippen molar-refractivity contribution in [3.8, 4) is 10.4 Å². The second-order valence-corrected chi connectivity index (χ2v) is 5.42. The fourth-order valence-electron chi connectivity index (χ4n) is 2.06. The maximum atomic E-state index is 12.3. The van der Waals surface area contributed by atoms with Crippen LogP contribution in [-0.4, -0.2) is 10.9 Å². The summed E-state index contributed by atoms with van der Waals surface area (Å²) in [5.74, 6) is -0.140. The van der Waals surface area contributed by atoms with Gasteiger partial charge in [-0.3, -0.25) is 4.79 Å². The number of nitrogens with one attached hydrogen (secondary N) is 1. The third-order valence-electron chi connectivity index (χ3n) is 3.11. The van der Waals surface area contributed by atoms with Gasteiger partial charge in [-0.15, -0.1) is 11.3 Å². The van der Waals surface area contributed by atoms with E-state index in [4.69, 9.17) is 0 Å². The van der Waals surface area contributed by atoms with Crippen LogP contribution in [-0.2, 0) is 6.54 Å². The lowest BCUT2D eigenvalue weighted by Gasteiger charge is -2.05. The Kier molecular flexibility index (Phi) is 4.07. The molecular weight excluding hydrogens is 280 g/mol. The molecule has 0 fully saturated rings. The van der Waals surface area contributed by atoms with Gasteiger partial charge < -0.3 is 5.32 Å². The summed E-state index contributed by atoms with van der Waals surface area (Å²) in [5.41, 5.74) is 4.29. The van der Waals surface area contributed by atoms with Crippen LogP contribution in [0.25, 0.3) is 10.4 Å². The molecular formula is C17H14N2OS. The summed E-state index contributed by atoms with van der Waals surface area (Å²) in [6.45, 7) is 0.505. The fraction of sp³-hybridized carbons (Fsp3) is 0.0588. The average molecular weight is 294 g/mol. The van der Waals surface area contributed by atoms with Gasteiger partial charge in [-0.1, -0.05) is 60.7 Å². The Labute approximate surface area is 127 Å². The summed E-state index contributed by atoms with van der Waals surface area (Å²) in [5, 5.41) is 2.92. The Balaban J connectivity index is 1.76. The van der Waals surface area contributed by atoms with Crippen LogP contribution in [0.1, 0.15) is 16.1 Å². The van der Waals surface area contributed by atoms with Crippen molar-refractivity contribution < 1.29 is 4.79 Å². The van der Waals surface area contributed by atoms with E-state index in [1.807, 2.05) is 60.7 Å². The minimum absolute atomic E-state index is 0.140. The molecule has 3 nitrogen and oxygen atoms in total. The van der Waals surface area contributed by atoms with Crippen LogP contribution in [0.4, 0.5) is 0 Å². The maximum Gasteiger partial charge on any atom is 0.271 e. The maximum absolute atomic E-state index is 12.3. The van der Waals surface area contributed by atoms with Crippen LogP contribution < -0.4 is 5.32 Å². The van der Waals surface area contributed by atoms with Crippen LogP contribution in [0, 0.1) is 0 Å². The third kappa shape index (κ3) is 3.17. The van der Waals surface area contributed by atoms with E-state index >= 15 is 0 Å². The van der Waals surface area contributed by atoms with Crippen molar-refractivity contribution in [3.05, 3.63) is 77.4 Å². The molecule has 0 atom stereocenters. The van der Waals surface area contributed by atoms with Gasteiger partial charge in [0.2, 0.25) is 0 Å². The molecule has 0 bridgehead atoms. The number of thiazole rings is 1. The predicted molar refractivity (Wildman–Crippen MR) is 85.2 cm³/mol. The molecule has 0 saturated heterocycles. The Morgan fingerprint density at radius 2 is 1.67 bits per heavy atom. The van der Waals surface area contributed by atoms with Gasteiger partial charge in [0.1, 0.15) is 5.69 Å². The van der Waals surface area contributed by atoms with E-state index in [1.54, 1.807) is 5.51 Å². The highest BCUT2D eigenvalue weighted by atomic mass is 32.1. The topological polar surface area (TPSA) is 42.0 Å². The lowest BCUT2D eigenvalue weighted by Crippen LogP contribution is -2.23. The van der Waals surface area contributed by atoms with Gasteiger partial charge in [0.15, 0.2) is 0 Å². The lowest BCUT2D eigenvalue weighted by molar-refractivity contribution is 0.0947. The Bertz CT molecular complexity index is 723. The smallest absolute Gasteiger partial charge is 0.271 e. The zero-order chi connectivity index (χ0) is 14.5. The molecule has 3 aromatic rings. The molecule has 3 rings (SSSR count). The predicted octanol–water partition coefficient (Wildman–Crippen LogP) is 3.74. The molecule has 0 spiro atoms. The third-order valence-corrected chi connectivity index (χ3v) is 3.99. The Morgan fingerprint density at radius 1 is 1.00 bits per heavy atom. The molecule has 1 N–H and O–H groups in total. The normalized spacial score (nSPS) is 10.3. The minimum atomic E-state index is -0.140. The molecule has 0 aliphatic carbocycles. The first-order valence-corrected chi connectivity index (χ1v) is 7.53. The number of carbonyl (C=O) groups is 1. The van der Waals surface area contributed by atoms with Gasteiger partial charge in [0.25, 0.3) is 5.91 Å². The summed E-state index contributed by atoms with van der Waals surface area (Å²) >= 11 is 1.48. The Hall–Kier alpha value is -2.46. The van der Waals surface area contributed by atoms with Crippen molar-refractivity contribution in [2.75, 3.05) is 0 Å². The number of hydrogen-bond donors (Lipinski definition) is 1. The van der Waals surface area contributed by atoms with Gasteiger partial charge in [0.05, 0.1) is 10.4 Å². The number of nitrogens with zero attached hydrogens (tertiary/aromatic N) is 1. The van der Waals surface area contributed by atoms with Gasteiger partial charge in [0, 0.05) is 6.54 Å². The standard InChI is InChI=1S/C17H14N2OS/c20-17(18-11-13-7-3-1-4-8-13)15-16(21-12-19-15)14-9-5-2-6-10-14/h1-10,12H,11H2,(H,18,20). The van der Waals surface area contributed by atoms with Crippen LogP contribution in [0.15, 0.2) is 66.2 Å². The highest BCUT2D eigenvalue weighted by molar-refractivity contribution is 7.13. The highest BCUT2D eigenvalue weighted by Gasteiger charge is 2.15. The second-order valence-electron chi connectivity index (χ2n) is 4.56. The van der Waals surface area contributed by atoms with Crippen molar-refractivity contribution in [2.24, 2.45) is 0 Å². The van der Waals surface area contributed by atoms with Crippen LogP contribution in [0.5, 0.6) is 0 Å². The first kappa shape index (κ1) is 13.5. The molecule has 0 unspecified atom stereocenters. The molecule has 21 heavy (non-hydrogen) atoms. The van der Waals surface area contributed by atoms with E-state index in [1.165, 1.54) is 11.3 Å². The van der Waals surface area contributed by atoms with Crippen molar-refractivity contribution in [1.82, 2.24) is 10.3 Å². The largest absolute Gasteiger partial charge is 0.347 e. The van der Waals surface area contributed by atoms with Crippen molar-refractivity contribution >= 4 is 17.2 Å². The molecule has 1 heterocycles. The van der Waals surface area contributed by atoms with E-state index in [2.05, 4.69) is 10.3 Å². The molecule has 1 amide bonds. The molecule has 0 radical (unpaired) electrons. The summed E-state index contributed by atoms with van der Waals surface area (Å²) in [6, 6.07) is 19.7. The SMILES string of the molecule is O=C(NCc1ccccc1)c1ncsc1-c1ccccc1. The van der Waals surface area contributed by atoms with E-state index in [9.17, 15) is 4.79 Å². The molecule has 0 aliphatic heterocycles. The van der Waals surface area contributed by atoms with Crippen molar-refractivity contribution in [1.29, 1.82) is 0 Å². The number of hydrogen-bond acceptors (Lipinski definition) is 3. The van der Waals surface area contributed by atoms with Crippen LogP contribution in [0.2, 0.25) is 0 Å². The number of amides is 1. The van der Waals surface area contributed by atoms with E-state index in [0.717, 1.165) is 16.0 Å². The first-order valence-electron chi connectivity index (χ1n) is 6.65. The second kappa shape index (κ2) is 6.33. The van der Waals surface area contributed by atoms with Gasteiger partial charge >= 0.3 is 0 Å². The van der Waals surface area contributed by atoms with Crippen molar-refractivity contribution in [2.45, 2.75) is 6.54 Å². The zero-order valence-corrected chi connectivity index (χ0v) is 12.1. The number of rotatable bonds is 4. The summed E-state index contributed by atoms with van der Waals surface area (Å²) in [6.07, 6.45) is 0. The fourth-order valence-corrected chi connectivity index (χ4v) is 2.86. The van der Waals surface area contributed by atoms with E-state index < -0.39 is 0 Å². The molecule has 0 aliphatic rings. The van der Waals surface area contributed by atoms with Gasteiger partial charge in [-0.25, -0.2) is 4.98 Å². The molecule has 104 valence electrons. The molecule has 4 heteroatoms. The summed E-state index contributed by atoms with van der Waals surface area (Å²) in [4.78, 5) is 17.4. The van der Waals surface area contributed by atoms with E-state index in [0.29, 0.717) is 12.2 Å². The Morgan fingerprint density at radius 3 is 2.38 bits per heavy atom. The highest BCUT2D eigenvalue weighted by Crippen LogP contribution is 2.27. The average Bonchev–Trinajstić information content (AvgIpc) is 3.04. The molecule has 1 aromatic heterocycles. The minimum Gasteiger partial charge on any atom is -0.347 e. The number of carbonyl (C=O) groups excluding carboxylic acids is 1.